The van der Waals surface area contributed by atoms with Crippen molar-refractivity contribution in [2.75, 3.05) is 25.1 Å². The van der Waals surface area contributed by atoms with E-state index in [9.17, 15) is 4.79 Å². The Kier molecular flexibility index (Phi) is 6.23. The van der Waals surface area contributed by atoms with Gasteiger partial charge in [-0.3, -0.25) is 4.79 Å². The zero-order valence-corrected chi connectivity index (χ0v) is 17.0. The molecule has 30 heavy (non-hydrogen) atoms. The Morgan fingerprint density at radius 2 is 2.03 bits per heavy atom. The summed E-state index contributed by atoms with van der Waals surface area (Å²) in [6, 6.07) is 19.7. The molecule has 6 nitrogen and oxygen atoms in total. The van der Waals surface area contributed by atoms with E-state index in [1.807, 2.05) is 48.5 Å². The first kappa shape index (κ1) is 19.9. The van der Waals surface area contributed by atoms with Crippen molar-refractivity contribution in [3.05, 3.63) is 78.3 Å². The largest absolute Gasteiger partial charge is 0.497 e. The minimum Gasteiger partial charge on any atom is -0.497 e. The van der Waals surface area contributed by atoms with E-state index >= 15 is 0 Å². The lowest BCUT2D eigenvalue weighted by atomic mass is 10.1. The first-order chi connectivity index (χ1) is 14.7. The van der Waals surface area contributed by atoms with Crippen molar-refractivity contribution in [2.45, 2.75) is 25.5 Å². The number of carbonyl (C=O) groups is 1. The number of hydrogen-bond donors (Lipinski definition) is 1. The molecule has 1 amide bonds. The summed E-state index contributed by atoms with van der Waals surface area (Å²) < 4.78 is 16.9. The fourth-order valence-electron chi connectivity index (χ4n) is 3.63. The van der Waals surface area contributed by atoms with Crippen LogP contribution < -0.4 is 19.7 Å². The third-order valence-electron chi connectivity index (χ3n) is 5.21. The van der Waals surface area contributed by atoms with E-state index in [-0.39, 0.29) is 12.0 Å². The van der Waals surface area contributed by atoms with Gasteiger partial charge in [-0.2, -0.15) is 0 Å². The minimum atomic E-state index is -0.0557. The number of amides is 1. The summed E-state index contributed by atoms with van der Waals surface area (Å²) >= 11 is 0. The monoisotopic (exact) mass is 406 g/mol. The van der Waals surface area contributed by atoms with Gasteiger partial charge in [0.25, 0.3) is 0 Å². The number of furan rings is 1. The number of nitrogens with one attached hydrogen (secondary N) is 1. The van der Waals surface area contributed by atoms with Gasteiger partial charge < -0.3 is 24.1 Å². The van der Waals surface area contributed by atoms with Crippen LogP contribution in [0.1, 0.15) is 30.3 Å². The lowest BCUT2D eigenvalue weighted by molar-refractivity contribution is -0.121. The number of nitrogens with zero attached hydrogens (tertiary/aromatic N) is 1. The number of carbonyl (C=O) groups excluding carboxylic acids is 1. The van der Waals surface area contributed by atoms with Crippen molar-refractivity contribution in [3.8, 4) is 11.5 Å². The zero-order valence-electron chi connectivity index (χ0n) is 17.0. The lowest BCUT2D eigenvalue weighted by Gasteiger charge is -2.36. The van der Waals surface area contributed by atoms with Crippen LogP contribution in [0.15, 0.2) is 71.3 Å². The van der Waals surface area contributed by atoms with Crippen molar-refractivity contribution >= 4 is 11.6 Å². The van der Waals surface area contributed by atoms with E-state index in [0.29, 0.717) is 13.0 Å². The van der Waals surface area contributed by atoms with Crippen molar-refractivity contribution in [2.24, 2.45) is 0 Å². The molecule has 0 bridgehead atoms. The molecular weight excluding hydrogens is 380 g/mol. The molecule has 0 spiro atoms. The highest BCUT2D eigenvalue weighted by molar-refractivity contribution is 5.75. The van der Waals surface area contributed by atoms with Gasteiger partial charge in [-0.1, -0.05) is 30.3 Å². The molecule has 0 radical (unpaired) electrons. The third kappa shape index (κ3) is 4.76. The van der Waals surface area contributed by atoms with Crippen LogP contribution in [-0.4, -0.2) is 26.1 Å². The fourth-order valence-corrected chi connectivity index (χ4v) is 3.63. The number of benzene rings is 2. The van der Waals surface area contributed by atoms with E-state index in [4.69, 9.17) is 13.9 Å². The van der Waals surface area contributed by atoms with Gasteiger partial charge in [-0.05, 0) is 36.2 Å². The molecule has 1 N–H and O–H groups in total. The molecule has 0 aliphatic carbocycles. The summed E-state index contributed by atoms with van der Waals surface area (Å²) in [5.74, 6) is 2.39. The molecule has 1 unspecified atom stereocenters. The topological polar surface area (TPSA) is 63.9 Å². The summed E-state index contributed by atoms with van der Waals surface area (Å²) in [5, 5.41) is 2.90. The summed E-state index contributed by atoms with van der Waals surface area (Å²) in [6.45, 7) is 1.89. The van der Waals surface area contributed by atoms with E-state index < -0.39 is 0 Å². The van der Waals surface area contributed by atoms with Crippen LogP contribution in [0.25, 0.3) is 0 Å². The van der Waals surface area contributed by atoms with Gasteiger partial charge in [0, 0.05) is 19.0 Å². The first-order valence-electron chi connectivity index (χ1n) is 10.2. The second-order valence-corrected chi connectivity index (χ2v) is 7.26. The maximum atomic E-state index is 12.2. The second-order valence-electron chi connectivity index (χ2n) is 7.26. The molecule has 0 fully saturated rings. The Bertz CT molecular complexity index is 957. The molecule has 0 saturated heterocycles. The van der Waals surface area contributed by atoms with Crippen LogP contribution in [0, 0.1) is 0 Å². The lowest BCUT2D eigenvalue weighted by Crippen LogP contribution is -2.36. The highest BCUT2D eigenvalue weighted by Crippen LogP contribution is 2.40. The average Bonchev–Trinajstić information content (AvgIpc) is 3.31. The number of anilines is 1. The zero-order chi connectivity index (χ0) is 20.8. The van der Waals surface area contributed by atoms with Gasteiger partial charge in [0.15, 0.2) is 0 Å². The van der Waals surface area contributed by atoms with E-state index in [0.717, 1.165) is 48.0 Å². The second kappa shape index (κ2) is 9.39. The maximum absolute atomic E-state index is 12.2. The van der Waals surface area contributed by atoms with Gasteiger partial charge >= 0.3 is 0 Å². The molecule has 1 aromatic heterocycles. The smallest absolute Gasteiger partial charge is 0.220 e. The average molecular weight is 406 g/mol. The Morgan fingerprint density at radius 3 is 2.80 bits per heavy atom. The Balaban J connectivity index is 1.40. The van der Waals surface area contributed by atoms with Gasteiger partial charge in [-0.25, -0.2) is 0 Å². The normalized spacial score (nSPS) is 15.2. The van der Waals surface area contributed by atoms with Crippen molar-refractivity contribution in [1.29, 1.82) is 0 Å². The van der Waals surface area contributed by atoms with E-state index in [2.05, 4.69) is 22.3 Å². The summed E-state index contributed by atoms with van der Waals surface area (Å²) in [7, 11) is 1.66. The van der Waals surface area contributed by atoms with Crippen molar-refractivity contribution < 1.29 is 18.7 Å². The molecule has 3 aromatic rings. The van der Waals surface area contributed by atoms with Crippen molar-refractivity contribution in [3.63, 3.8) is 0 Å². The Hall–Kier alpha value is -3.41. The quantitative estimate of drug-likeness (QED) is 0.603. The Morgan fingerprint density at radius 1 is 1.17 bits per heavy atom. The molecule has 4 rings (SSSR count). The summed E-state index contributed by atoms with van der Waals surface area (Å²) in [6.07, 6.45) is 2.74. The van der Waals surface area contributed by atoms with Crippen LogP contribution in [0.4, 0.5) is 5.69 Å². The molecule has 0 saturated carbocycles. The molecule has 1 atom stereocenters. The number of fused-ring (bicyclic) bond motifs is 1. The highest BCUT2D eigenvalue weighted by atomic mass is 16.5. The van der Waals surface area contributed by atoms with Gasteiger partial charge in [0.1, 0.15) is 23.4 Å². The molecule has 156 valence electrons. The predicted molar refractivity (Wildman–Crippen MR) is 115 cm³/mol. The van der Waals surface area contributed by atoms with Crippen LogP contribution >= 0.6 is 0 Å². The Labute approximate surface area is 176 Å². The van der Waals surface area contributed by atoms with E-state index in [1.54, 1.807) is 13.4 Å². The van der Waals surface area contributed by atoms with Gasteiger partial charge in [0.05, 0.1) is 32.1 Å². The molecule has 1 aliphatic heterocycles. The molecular formula is C24H26N2O4. The van der Waals surface area contributed by atoms with Crippen molar-refractivity contribution in [1.82, 2.24) is 5.32 Å². The van der Waals surface area contributed by atoms with Crippen LogP contribution in [0.3, 0.4) is 0 Å². The number of methoxy groups -OCH3 is 1. The van der Waals surface area contributed by atoms with Crippen LogP contribution in [0.5, 0.6) is 11.5 Å². The fraction of sp³-hybridized carbons (Fsp3) is 0.292. The molecule has 2 heterocycles. The standard InChI is InChI=1S/C24H26N2O4/c1-28-19-11-12-22-21(15-19)26(17-23(30-22)18-7-3-2-4-8-18)13-5-10-24(27)25-16-20-9-6-14-29-20/h2-4,6-9,11-12,14-15,23H,5,10,13,16-17H2,1H3,(H,25,27). The maximum Gasteiger partial charge on any atom is 0.220 e. The molecule has 2 aromatic carbocycles. The van der Waals surface area contributed by atoms with Gasteiger partial charge in [0.2, 0.25) is 5.91 Å². The number of rotatable bonds is 8. The third-order valence-corrected chi connectivity index (χ3v) is 5.21. The number of ether oxygens (including phenoxy) is 2. The SMILES string of the molecule is COc1ccc2c(c1)N(CCCC(=O)NCc1ccco1)CC(c1ccccc1)O2. The minimum absolute atomic E-state index is 0.0186. The van der Waals surface area contributed by atoms with E-state index in [1.165, 1.54) is 0 Å². The highest BCUT2D eigenvalue weighted by Gasteiger charge is 2.27. The van der Waals surface area contributed by atoms with Crippen LogP contribution in [0.2, 0.25) is 0 Å². The summed E-state index contributed by atoms with van der Waals surface area (Å²) in [5.41, 5.74) is 2.14. The van der Waals surface area contributed by atoms with Gasteiger partial charge in [-0.15, -0.1) is 0 Å². The molecule has 1 aliphatic rings. The predicted octanol–water partition coefficient (Wildman–Crippen LogP) is 4.32. The van der Waals surface area contributed by atoms with Crippen LogP contribution in [-0.2, 0) is 11.3 Å². The number of hydrogen-bond acceptors (Lipinski definition) is 5. The first-order valence-corrected chi connectivity index (χ1v) is 10.2. The molecule has 6 heteroatoms. The summed E-state index contributed by atoms with van der Waals surface area (Å²) in [4.78, 5) is 14.5.